The first kappa shape index (κ1) is 16.1. The van der Waals surface area contributed by atoms with Gasteiger partial charge in [0.15, 0.2) is 23.3 Å². The molecule has 1 N–H and O–H groups in total. The lowest BCUT2D eigenvalue weighted by molar-refractivity contribution is 0.0702. The van der Waals surface area contributed by atoms with Gasteiger partial charge in [-0.3, -0.25) is 4.90 Å². The molecule has 0 saturated carbocycles. The highest BCUT2D eigenvalue weighted by Gasteiger charge is 2.32. The van der Waals surface area contributed by atoms with Crippen LogP contribution in [0.3, 0.4) is 0 Å². The predicted octanol–water partition coefficient (Wildman–Crippen LogP) is 2.84. The van der Waals surface area contributed by atoms with Gasteiger partial charge < -0.3 is 5.32 Å². The smallest absolute Gasteiger partial charge is 0.240 e. The fourth-order valence-electron chi connectivity index (χ4n) is 2.50. The Balaban J connectivity index is 2.45. The molecule has 2 nitrogen and oxygen atoms in total. The van der Waals surface area contributed by atoms with Crippen molar-refractivity contribution in [2.75, 3.05) is 26.2 Å². The van der Waals surface area contributed by atoms with Crippen molar-refractivity contribution >= 4 is 0 Å². The van der Waals surface area contributed by atoms with Crippen LogP contribution in [-0.2, 0) is 0 Å². The maximum atomic E-state index is 13.8. The summed E-state index contributed by atoms with van der Waals surface area (Å²) in [5, 5.41) is 2.96. The molecule has 0 spiro atoms. The van der Waals surface area contributed by atoms with Crippen LogP contribution in [0.4, 0.5) is 26.3 Å². The van der Waals surface area contributed by atoms with Crippen LogP contribution >= 0.6 is 0 Å². The molecule has 0 radical (unpaired) electrons. The zero-order valence-electron chi connectivity index (χ0n) is 11.0. The summed E-state index contributed by atoms with van der Waals surface area (Å²) >= 11 is 0. The van der Waals surface area contributed by atoms with Gasteiger partial charge in [0, 0.05) is 50.3 Å². The summed E-state index contributed by atoms with van der Waals surface area (Å²) in [6.45, 7) is 1.41. The summed E-state index contributed by atoms with van der Waals surface area (Å²) in [6.07, 6.45) is -3.74. The first-order chi connectivity index (χ1) is 9.91. The van der Waals surface area contributed by atoms with Gasteiger partial charge in [-0.05, 0) is 0 Å². The van der Waals surface area contributed by atoms with Gasteiger partial charge in [-0.2, -0.15) is 0 Å². The summed E-state index contributed by atoms with van der Waals surface area (Å²) in [5.74, 6) is -6.40. The Hall–Kier alpha value is -1.28. The number of nitrogens with one attached hydrogen (secondary N) is 1. The average Bonchev–Trinajstić information content (AvgIpc) is 2.45. The molecule has 2 rings (SSSR count). The zero-order chi connectivity index (χ0) is 15.6. The van der Waals surface area contributed by atoms with Crippen LogP contribution < -0.4 is 5.32 Å². The average molecular weight is 312 g/mol. The minimum Gasteiger partial charge on any atom is -0.314 e. The lowest BCUT2D eigenvalue weighted by Gasteiger charge is -2.35. The second-order valence-corrected chi connectivity index (χ2v) is 4.81. The van der Waals surface area contributed by atoms with Crippen LogP contribution in [0.5, 0.6) is 0 Å². The molecule has 0 unspecified atom stereocenters. The van der Waals surface area contributed by atoms with E-state index in [-0.39, 0.29) is 19.2 Å². The van der Waals surface area contributed by atoms with E-state index >= 15 is 0 Å². The fourth-order valence-corrected chi connectivity index (χ4v) is 2.50. The fraction of sp³-hybridized carbons (Fsp3) is 0.538. The standard InChI is InChI=1S/C13H14F6N2/c14-7-5-8(15)13(19)11(12(7)18)9(6-10(16)17)21-3-1-20-2-4-21/h5,9-10,20H,1-4,6H2/t9-/m1/s1. The van der Waals surface area contributed by atoms with Gasteiger partial charge in [0.2, 0.25) is 6.43 Å². The van der Waals surface area contributed by atoms with E-state index in [0.29, 0.717) is 13.1 Å². The van der Waals surface area contributed by atoms with E-state index < -0.39 is 47.7 Å². The van der Waals surface area contributed by atoms with E-state index in [4.69, 9.17) is 0 Å². The molecule has 1 aromatic carbocycles. The monoisotopic (exact) mass is 312 g/mol. The van der Waals surface area contributed by atoms with Crippen LogP contribution in [0.1, 0.15) is 18.0 Å². The summed E-state index contributed by atoms with van der Waals surface area (Å²) in [4.78, 5) is 1.41. The third-order valence-electron chi connectivity index (χ3n) is 3.47. The van der Waals surface area contributed by atoms with E-state index in [1.54, 1.807) is 0 Å². The molecule has 1 aliphatic heterocycles. The topological polar surface area (TPSA) is 15.3 Å². The van der Waals surface area contributed by atoms with E-state index in [0.717, 1.165) is 0 Å². The predicted molar refractivity (Wildman–Crippen MR) is 64.1 cm³/mol. The molecule has 0 amide bonds. The summed E-state index contributed by atoms with van der Waals surface area (Å²) in [7, 11) is 0. The van der Waals surface area contributed by atoms with Crippen LogP contribution in [0.25, 0.3) is 0 Å². The number of piperazine rings is 1. The normalized spacial score (nSPS) is 18.2. The highest BCUT2D eigenvalue weighted by molar-refractivity contribution is 5.26. The molecule has 118 valence electrons. The van der Waals surface area contributed by atoms with Crippen LogP contribution in [0.15, 0.2) is 6.07 Å². The largest absolute Gasteiger partial charge is 0.314 e. The molecule has 0 aromatic heterocycles. The Morgan fingerprint density at radius 1 is 1.00 bits per heavy atom. The number of hydrogen-bond acceptors (Lipinski definition) is 2. The molecule has 1 atom stereocenters. The minimum absolute atomic E-state index is 0.0748. The molecule has 8 heteroatoms. The van der Waals surface area contributed by atoms with Crippen molar-refractivity contribution in [3.05, 3.63) is 34.9 Å². The van der Waals surface area contributed by atoms with E-state index in [1.165, 1.54) is 4.90 Å². The second-order valence-electron chi connectivity index (χ2n) is 4.81. The molecule has 1 fully saturated rings. The van der Waals surface area contributed by atoms with Gasteiger partial charge in [-0.1, -0.05) is 0 Å². The Bertz CT molecular complexity index is 476. The van der Waals surface area contributed by atoms with Crippen molar-refractivity contribution in [2.45, 2.75) is 18.9 Å². The van der Waals surface area contributed by atoms with Gasteiger partial charge in [-0.25, -0.2) is 26.3 Å². The lowest BCUT2D eigenvalue weighted by Crippen LogP contribution is -2.46. The third-order valence-corrected chi connectivity index (χ3v) is 3.47. The highest BCUT2D eigenvalue weighted by atomic mass is 19.3. The first-order valence-corrected chi connectivity index (χ1v) is 6.47. The number of halogens is 6. The number of alkyl halides is 2. The molecule has 1 saturated heterocycles. The molecule has 0 bridgehead atoms. The number of nitrogens with zero attached hydrogens (tertiary/aromatic N) is 1. The van der Waals surface area contributed by atoms with E-state index in [2.05, 4.69) is 5.32 Å². The molecular weight excluding hydrogens is 298 g/mol. The minimum atomic E-state index is -2.85. The molecule has 1 aromatic rings. The Morgan fingerprint density at radius 3 is 2.00 bits per heavy atom. The maximum absolute atomic E-state index is 13.8. The molecule has 21 heavy (non-hydrogen) atoms. The Morgan fingerprint density at radius 2 is 1.52 bits per heavy atom. The van der Waals surface area contributed by atoms with Crippen molar-refractivity contribution in [2.24, 2.45) is 0 Å². The maximum Gasteiger partial charge on any atom is 0.240 e. The first-order valence-electron chi connectivity index (χ1n) is 6.47. The lowest BCUT2D eigenvalue weighted by atomic mass is 9.99. The van der Waals surface area contributed by atoms with Gasteiger partial charge in [-0.15, -0.1) is 0 Å². The highest BCUT2D eigenvalue weighted by Crippen LogP contribution is 2.33. The number of hydrogen-bond donors (Lipinski definition) is 1. The van der Waals surface area contributed by atoms with Gasteiger partial charge in [0.25, 0.3) is 0 Å². The molecule has 0 aliphatic carbocycles. The van der Waals surface area contributed by atoms with Crippen LogP contribution in [-0.4, -0.2) is 37.5 Å². The van der Waals surface area contributed by atoms with Crippen LogP contribution in [0, 0.1) is 23.3 Å². The second kappa shape index (κ2) is 6.65. The van der Waals surface area contributed by atoms with Gasteiger partial charge in [0.05, 0.1) is 0 Å². The Labute approximate surface area is 117 Å². The Kier molecular flexibility index (Phi) is 5.10. The van der Waals surface area contributed by atoms with Gasteiger partial charge >= 0.3 is 0 Å². The van der Waals surface area contributed by atoms with E-state index in [9.17, 15) is 26.3 Å². The summed E-state index contributed by atoms with van der Waals surface area (Å²) in [6, 6.07) is -1.33. The molecule has 1 heterocycles. The third kappa shape index (κ3) is 3.49. The number of rotatable bonds is 4. The zero-order valence-corrected chi connectivity index (χ0v) is 11.0. The quantitative estimate of drug-likeness (QED) is 0.679. The summed E-state index contributed by atoms with van der Waals surface area (Å²) in [5.41, 5.74) is -0.963. The number of benzene rings is 1. The van der Waals surface area contributed by atoms with Crippen LogP contribution in [0.2, 0.25) is 0 Å². The SMILES string of the molecule is Fc1cc(F)c(F)c([C@@H](CC(F)F)N2CCNCC2)c1F. The van der Waals surface area contributed by atoms with Crippen molar-refractivity contribution in [3.8, 4) is 0 Å². The van der Waals surface area contributed by atoms with Crippen molar-refractivity contribution in [3.63, 3.8) is 0 Å². The van der Waals surface area contributed by atoms with Crippen molar-refractivity contribution < 1.29 is 26.3 Å². The molecular formula is C13H14F6N2. The summed E-state index contributed by atoms with van der Waals surface area (Å²) < 4.78 is 79.7. The molecule has 1 aliphatic rings. The van der Waals surface area contributed by atoms with Crippen molar-refractivity contribution in [1.82, 2.24) is 10.2 Å². The van der Waals surface area contributed by atoms with E-state index in [1.807, 2.05) is 0 Å². The van der Waals surface area contributed by atoms with Crippen molar-refractivity contribution in [1.29, 1.82) is 0 Å². The van der Waals surface area contributed by atoms with Gasteiger partial charge in [0.1, 0.15) is 0 Å².